The molecular formula is C18H30O. The summed E-state index contributed by atoms with van der Waals surface area (Å²) in [6, 6.07) is 6.69. The fourth-order valence-electron chi connectivity index (χ4n) is 2.15. The lowest BCUT2D eigenvalue weighted by Gasteiger charge is -2.13. The molecule has 1 rings (SSSR count). The second-order valence-electron chi connectivity index (χ2n) is 6.16. The van der Waals surface area contributed by atoms with Crippen LogP contribution in [-0.4, -0.2) is 6.61 Å². The molecule has 0 aromatic heterocycles. The van der Waals surface area contributed by atoms with Crippen molar-refractivity contribution in [3.63, 3.8) is 0 Å². The van der Waals surface area contributed by atoms with Crippen LogP contribution in [0.1, 0.15) is 70.9 Å². The minimum atomic E-state index is 0.565. The molecular weight excluding hydrogens is 232 g/mol. The molecule has 0 unspecified atom stereocenters. The molecule has 0 saturated heterocycles. The summed E-state index contributed by atoms with van der Waals surface area (Å²) >= 11 is 0. The van der Waals surface area contributed by atoms with E-state index in [2.05, 4.69) is 52.8 Å². The minimum Gasteiger partial charge on any atom is -0.494 e. The largest absolute Gasteiger partial charge is 0.494 e. The third-order valence-corrected chi connectivity index (χ3v) is 3.51. The third-order valence-electron chi connectivity index (χ3n) is 3.51. The molecule has 0 fully saturated rings. The van der Waals surface area contributed by atoms with Gasteiger partial charge >= 0.3 is 0 Å². The van der Waals surface area contributed by atoms with E-state index in [0.717, 1.165) is 31.1 Å². The maximum Gasteiger partial charge on any atom is 0.119 e. The average Bonchev–Trinajstić information content (AvgIpc) is 2.37. The first-order chi connectivity index (χ1) is 9.02. The van der Waals surface area contributed by atoms with Crippen LogP contribution in [0, 0.1) is 5.92 Å². The Morgan fingerprint density at radius 1 is 1.00 bits per heavy atom. The van der Waals surface area contributed by atoms with Gasteiger partial charge in [-0.1, -0.05) is 47.1 Å². The van der Waals surface area contributed by atoms with Crippen molar-refractivity contribution in [3.8, 4) is 5.75 Å². The summed E-state index contributed by atoms with van der Waals surface area (Å²) < 4.78 is 5.92. The number of ether oxygens (including phenoxy) is 1. The van der Waals surface area contributed by atoms with Gasteiger partial charge in [-0.05, 0) is 54.4 Å². The van der Waals surface area contributed by atoms with E-state index in [1.807, 2.05) is 0 Å². The maximum atomic E-state index is 5.92. The first-order valence-electron chi connectivity index (χ1n) is 7.79. The minimum absolute atomic E-state index is 0.565. The molecule has 1 heteroatoms. The highest BCUT2D eigenvalue weighted by molar-refractivity contribution is 5.36. The van der Waals surface area contributed by atoms with Gasteiger partial charge in [-0.25, -0.2) is 0 Å². The number of unbranched alkanes of at least 4 members (excludes halogenated alkanes) is 1. The van der Waals surface area contributed by atoms with Gasteiger partial charge in [-0.15, -0.1) is 0 Å². The van der Waals surface area contributed by atoms with Crippen LogP contribution in [0.3, 0.4) is 0 Å². The van der Waals surface area contributed by atoms with E-state index in [-0.39, 0.29) is 0 Å². The van der Waals surface area contributed by atoms with Crippen molar-refractivity contribution in [1.82, 2.24) is 0 Å². The zero-order chi connectivity index (χ0) is 14.3. The standard InChI is InChI=1S/C18H30O/c1-6-16-11-17(15(4)5)13-18(12-16)19-10-8-7-9-14(2)3/h11-15H,6-10H2,1-5H3. The molecule has 0 aliphatic heterocycles. The summed E-state index contributed by atoms with van der Waals surface area (Å²) in [5.74, 6) is 2.42. The second-order valence-corrected chi connectivity index (χ2v) is 6.16. The molecule has 0 bridgehead atoms. The van der Waals surface area contributed by atoms with Crippen molar-refractivity contribution in [3.05, 3.63) is 29.3 Å². The number of aryl methyl sites for hydroxylation is 1. The Labute approximate surface area is 119 Å². The molecule has 1 nitrogen and oxygen atoms in total. The molecule has 0 radical (unpaired) electrons. The maximum absolute atomic E-state index is 5.92. The summed E-state index contributed by atoms with van der Waals surface area (Å²) in [5, 5.41) is 0. The first kappa shape index (κ1) is 16.1. The van der Waals surface area contributed by atoms with Crippen LogP contribution in [0.2, 0.25) is 0 Å². The highest BCUT2D eigenvalue weighted by Crippen LogP contribution is 2.23. The molecule has 0 atom stereocenters. The molecule has 0 saturated carbocycles. The zero-order valence-electron chi connectivity index (χ0n) is 13.3. The summed E-state index contributed by atoms with van der Waals surface area (Å²) in [7, 11) is 0. The lowest BCUT2D eigenvalue weighted by atomic mass is 9.99. The Morgan fingerprint density at radius 3 is 2.32 bits per heavy atom. The van der Waals surface area contributed by atoms with Crippen LogP contribution >= 0.6 is 0 Å². The molecule has 108 valence electrons. The molecule has 0 heterocycles. The Bertz CT molecular complexity index is 366. The predicted octanol–water partition coefficient (Wildman–Crippen LogP) is 5.58. The van der Waals surface area contributed by atoms with Gasteiger partial charge in [0.05, 0.1) is 6.61 Å². The molecule has 0 spiro atoms. The first-order valence-corrected chi connectivity index (χ1v) is 7.79. The summed E-state index contributed by atoms with van der Waals surface area (Å²) in [4.78, 5) is 0. The van der Waals surface area contributed by atoms with Gasteiger partial charge in [0.1, 0.15) is 5.75 Å². The van der Waals surface area contributed by atoms with E-state index in [9.17, 15) is 0 Å². The molecule has 0 amide bonds. The van der Waals surface area contributed by atoms with E-state index >= 15 is 0 Å². The number of hydrogen-bond acceptors (Lipinski definition) is 1. The van der Waals surface area contributed by atoms with E-state index < -0.39 is 0 Å². The van der Waals surface area contributed by atoms with Crippen LogP contribution in [0.5, 0.6) is 5.75 Å². The van der Waals surface area contributed by atoms with Crippen LogP contribution in [0.25, 0.3) is 0 Å². The van der Waals surface area contributed by atoms with Crippen molar-refractivity contribution >= 4 is 0 Å². The Balaban J connectivity index is 2.50. The van der Waals surface area contributed by atoms with Crippen LogP contribution < -0.4 is 4.74 Å². The van der Waals surface area contributed by atoms with Crippen LogP contribution in [0.15, 0.2) is 18.2 Å². The van der Waals surface area contributed by atoms with Gasteiger partial charge in [-0.3, -0.25) is 0 Å². The molecule has 1 aromatic rings. The number of hydrogen-bond donors (Lipinski definition) is 0. The predicted molar refractivity (Wildman–Crippen MR) is 84.1 cm³/mol. The monoisotopic (exact) mass is 262 g/mol. The van der Waals surface area contributed by atoms with E-state index in [0.29, 0.717) is 5.92 Å². The normalized spacial score (nSPS) is 11.3. The zero-order valence-corrected chi connectivity index (χ0v) is 13.3. The van der Waals surface area contributed by atoms with Crippen molar-refractivity contribution in [2.75, 3.05) is 6.61 Å². The highest BCUT2D eigenvalue weighted by Gasteiger charge is 2.04. The summed E-state index contributed by atoms with van der Waals surface area (Å²) in [5.41, 5.74) is 2.76. The van der Waals surface area contributed by atoms with E-state index in [4.69, 9.17) is 4.74 Å². The Morgan fingerprint density at radius 2 is 1.74 bits per heavy atom. The van der Waals surface area contributed by atoms with Crippen LogP contribution in [-0.2, 0) is 6.42 Å². The topological polar surface area (TPSA) is 9.23 Å². The van der Waals surface area contributed by atoms with E-state index in [1.54, 1.807) is 0 Å². The third kappa shape index (κ3) is 6.13. The van der Waals surface area contributed by atoms with Gasteiger partial charge in [0.25, 0.3) is 0 Å². The highest BCUT2D eigenvalue weighted by atomic mass is 16.5. The van der Waals surface area contributed by atoms with Gasteiger partial charge < -0.3 is 4.74 Å². The smallest absolute Gasteiger partial charge is 0.119 e. The van der Waals surface area contributed by atoms with Gasteiger partial charge in [0, 0.05) is 0 Å². The molecule has 19 heavy (non-hydrogen) atoms. The molecule has 1 aromatic carbocycles. The fraction of sp³-hybridized carbons (Fsp3) is 0.667. The molecule has 0 aliphatic carbocycles. The van der Waals surface area contributed by atoms with Gasteiger partial charge in [0.15, 0.2) is 0 Å². The lowest BCUT2D eigenvalue weighted by molar-refractivity contribution is 0.301. The summed E-state index contributed by atoms with van der Waals surface area (Å²) in [6.07, 6.45) is 4.80. The number of benzene rings is 1. The number of rotatable bonds is 8. The van der Waals surface area contributed by atoms with Crippen molar-refractivity contribution in [2.45, 2.75) is 66.2 Å². The Hall–Kier alpha value is -0.980. The van der Waals surface area contributed by atoms with Gasteiger partial charge in [0.2, 0.25) is 0 Å². The average molecular weight is 262 g/mol. The van der Waals surface area contributed by atoms with Crippen molar-refractivity contribution < 1.29 is 4.74 Å². The Kier molecular flexibility index (Phi) is 6.97. The molecule has 0 aliphatic rings. The fourth-order valence-corrected chi connectivity index (χ4v) is 2.15. The quantitative estimate of drug-likeness (QED) is 0.556. The van der Waals surface area contributed by atoms with Crippen molar-refractivity contribution in [2.24, 2.45) is 5.92 Å². The SMILES string of the molecule is CCc1cc(OCCCCC(C)C)cc(C(C)C)c1. The van der Waals surface area contributed by atoms with Crippen molar-refractivity contribution in [1.29, 1.82) is 0 Å². The van der Waals surface area contributed by atoms with E-state index in [1.165, 1.54) is 24.0 Å². The van der Waals surface area contributed by atoms with Crippen LogP contribution in [0.4, 0.5) is 0 Å². The molecule has 0 N–H and O–H groups in total. The summed E-state index contributed by atoms with van der Waals surface area (Å²) in [6.45, 7) is 12.1. The van der Waals surface area contributed by atoms with Gasteiger partial charge in [-0.2, -0.15) is 0 Å². The second kappa shape index (κ2) is 8.24. The lowest BCUT2D eigenvalue weighted by Crippen LogP contribution is -2.00.